The zero-order valence-corrected chi connectivity index (χ0v) is 28.6. The number of nitrogens with one attached hydrogen (secondary N) is 1. The summed E-state index contributed by atoms with van der Waals surface area (Å²) in [6.07, 6.45) is 5.22. The second-order valence-corrected chi connectivity index (χ2v) is 14.7. The van der Waals surface area contributed by atoms with E-state index in [1.807, 2.05) is 49.4 Å². The molecule has 0 saturated heterocycles. The summed E-state index contributed by atoms with van der Waals surface area (Å²) in [6, 6.07) is 28.6. The minimum atomic E-state index is -4.22. The van der Waals surface area contributed by atoms with Gasteiger partial charge < -0.3 is 10.2 Å². The quantitative estimate of drug-likeness (QED) is 0.166. The molecular weight excluding hydrogens is 653 g/mol. The highest BCUT2D eigenvalue weighted by molar-refractivity contribution is 7.92. The Kier molecular flexibility index (Phi) is 11.6. The lowest BCUT2D eigenvalue weighted by Gasteiger charge is -2.35. The predicted octanol–water partition coefficient (Wildman–Crippen LogP) is 7.59. The van der Waals surface area contributed by atoms with Crippen LogP contribution in [0.25, 0.3) is 0 Å². The minimum Gasteiger partial charge on any atom is -0.352 e. The zero-order chi connectivity index (χ0) is 33.4. The monoisotopic (exact) mass is 691 g/mol. The van der Waals surface area contributed by atoms with E-state index in [1.165, 1.54) is 29.2 Å². The number of halogens is 2. The van der Waals surface area contributed by atoms with Crippen LogP contribution < -0.4 is 9.62 Å². The Bertz CT molecular complexity index is 1780. The standard InChI is InChI=1S/C37H39Cl2N3O4S/c1-27-10-8-17-33(22-27)42(47(45,46)34-20-18-30(38)19-21-34)26-36(43)41(25-29-13-9-14-31(39)23-29)35(24-28-11-4-2-5-12-28)37(44)40-32-15-6-3-7-16-32/h2,4-5,8-14,17-23,32,35H,3,6-7,15-16,24-26H2,1H3,(H,40,44). The molecule has 47 heavy (non-hydrogen) atoms. The molecule has 2 amide bonds. The third kappa shape index (κ3) is 9.15. The van der Waals surface area contributed by atoms with E-state index in [-0.39, 0.29) is 29.8 Å². The second kappa shape index (κ2) is 15.8. The van der Waals surface area contributed by atoms with Crippen LogP contribution in [0.5, 0.6) is 0 Å². The number of sulfonamides is 1. The van der Waals surface area contributed by atoms with Gasteiger partial charge in [0, 0.05) is 29.1 Å². The summed E-state index contributed by atoms with van der Waals surface area (Å²) >= 11 is 12.4. The molecule has 5 rings (SSSR count). The fraction of sp³-hybridized carbons (Fsp3) is 0.297. The summed E-state index contributed by atoms with van der Waals surface area (Å²) in [5.41, 5.74) is 2.76. The van der Waals surface area contributed by atoms with Crippen LogP contribution >= 0.6 is 23.2 Å². The molecule has 1 fully saturated rings. The summed E-state index contributed by atoms with van der Waals surface area (Å²) in [6.45, 7) is 1.38. The van der Waals surface area contributed by atoms with E-state index in [0.29, 0.717) is 15.7 Å². The van der Waals surface area contributed by atoms with Crippen LogP contribution in [-0.4, -0.2) is 43.8 Å². The second-order valence-electron chi connectivity index (χ2n) is 12.0. The number of amides is 2. The van der Waals surface area contributed by atoms with Crippen molar-refractivity contribution in [1.29, 1.82) is 0 Å². The Labute approximate surface area is 287 Å². The summed E-state index contributed by atoms with van der Waals surface area (Å²) < 4.78 is 29.5. The maximum Gasteiger partial charge on any atom is 0.264 e. The van der Waals surface area contributed by atoms with Gasteiger partial charge in [-0.15, -0.1) is 0 Å². The van der Waals surface area contributed by atoms with Crippen molar-refractivity contribution in [2.75, 3.05) is 10.8 Å². The molecule has 4 aromatic rings. The molecule has 1 aliphatic carbocycles. The molecule has 0 heterocycles. The molecule has 4 aromatic carbocycles. The molecule has 0 bridgehead atoms. The van der Waals surface area contributed by atoms with Crippen LogP contribution in [0.4, 0.5) is 5.69 Å². The van der Waals surface area contributed by atoms with Crippen LogP contribution in [0.15, 0.2) is 108 Å². The summed E-state index contributed by atoms with van der Waals surface area (Å²) in [5, 5.41) is 4.11. The summed E-state index contributed by atoms with van der Waals surface area (Å²) in [5.74, 6) is -0.789. The number of benzene rings is 4. The number of anilines is 1. The first-order chi connectivity index (χ1) is 22.6. The average Bonchev–Trinajstić information content (AvgIpc) is 3.06. The number of rotatable bonds is 12. The van der Waals surface area contributed by atoms with E-state index in [2.05, 4.69) is 5.32 Å². The summed E-state index contributed by atoms with van der Waals surface area (Å²) in [4.78, 5) is 30.3. The molecule has 246 valence electrons. The van der Waals surface area contributed by atoms with Gasteiger partial charge in [-0.25, -0.2) is 8.42 Å². The van der Waals surface area contributed by atoms with Gasteiger partial charge in [-0.3, -0.25) is 13.9 Å². The van der Waals surface area contributed by atoms with Crippen molar-refractivity contribution in [3.05, 3.63) is 130 Å². The third-order valence-corrected chi connectivity index (χ3v) is 10.7. The predicted molar refractivity (Wildman–Crippen MR) is 188 cm³/mol. The molecular formula is C37H39Cl2N3O4S. The Hall–Kier alpha value is -3.85. The Balaban J connectivity index is 1.56. The smallest absolute Gasteiger partial charge is 0.264 e. The van der Waals surface area contributed by atoms with E-state index in [4.69, 9.17) is 23.2 Å². The first-order valence-corrected chi connectivity index (χ1v) is 18.0. The van der Waals surface area contributed by atoms with Crippen molar-refractivity contribution in [2.45, 2.75) is 69.0 Å². The fourth-order valence-electron chi connectivity index (χ4n) is 5.98. The minimum absolute atomic E-state index is 0.00604. The molecule has 1 saturated carbocycles. The van der Waals surface area contributed by atoms with Crippen LogP contribution in [-0.2, 0) is 32.6 Å². The molecule has 1 atom stereocenters. The highest BCUT2D eigenvalue weighted by atomic mass is 35.5. The Morgan fingerprint density at radius 2 is 1.49 bits per heavy atom. The highest BCUT2D eigenvalue weighted by Gasteiger charge is 2.35. The van der Waals surface area contributed by atoms with Gasteiger partial charge in [0.25, 0.3) is 10.0 Å². The molecule has 1 aliphatic rings. The number of aryl methyl sites for hydroxylation is 1. The average molecular weight is 693 g/mol. The van der Waals surface area contributed by atoms with Crippen molar-refractivity contribution < 1.29 is 18.0 Å². The fourth-order valence-corrected chi connectivity index (χ4v) is 7.72. The molecule has 1 N–H and O–H groups in total. The maximum atomic E-state index is 14.6. The number of carbonyl (C=O) groups excluding carboxylic acids is 2. The van der Waals surface area contributed by atoms with E-state index < -0.39 is 28.5 Å². The molecule has 0 radical (unpaired) electrons. The van der Waals surface area contributed by atoms with E-state index in [1.54, 1.807) is 36.4 Å². The number of nitrogens with zero attached hydrogens (tertiary/aromatic N) is 2. The normalized spacial score (nSPS) is 14.3. The maximum absolute atomic E-state index is 14.6. The molecule has 0 spiro atoms. The van der Waals surface area contributed by atoms with Gasteiger partial charge in [-0.2, -0.15) is 0 Å². The lowest BCUT2D eigenvalue weighted by molar-refractivity contribution is -0.140. The van der Waals surface area contributed by atoms with Crippen LogP contribution in [0.1, 0.15) is 48.8 Å². The van der Waals surface area contributed by atoms with Crippen molar-refractivity contribution in [3.63, 3.8) is 0 Å². The Morgan fingerprint density at radius 1 is 0.809 bits per heavy atom. The van der Waals surface area contributed by atoms with Crippen molar-refractivity contribution in [1.82, 2.24) is 10.2 Å². The van der Waals surface area contributed by atoms with Crippen molar-refractivity contribution >= 4 is 50.7 Å². The van der Waals surface area contributed by atoms with E-state index >= 15 is 0 Å². The van der Waals surface area contributed by atoms with Crippen molar-refractivity contribution in [2.24, 2.45) is 0 Å². The molecule has 0 aromatic heterocycles. The first kappa shape index (κ1) is 34.5. The van der Waals surface area contributed by atoms with Gasteiger partial charge in [-0.05, 0) is 85.0 Å². The van der Waals surface area contributed by atoms with Gasteiger partial charge in [0.05, 0.1) is 10.6 Å². The zero-order valence-electron chi connectivity index (χ0n) is 26.3. The Morgan fingerprint density at radius 3 is 2.17 bits per heavy atom. The molecule has 0 aliphatic heterocycles. The first-order valence-electron chi connectivity index (χ1n) is 15.8. The number of hydrogen-bond acceptors (Lipinski definition) is 4. The van der Waals surface area contributed by atoms with Gasteiger partial charge in [0.1, 0.15) is 12.6 Å². The van der Waals surface area contributed by atoms with Gasteiger partial charge in [0.2, 0.25) is 11.8 Å². The van der Waals surface area contributed by atoms with E-state index in [0.717, 1.165) is 53.1 Å². The largest absolute Gasteiger partial charge is 0.352 e. The van der Waals surface area contributed by atoms with Crippen LogP contribution in [0, 0.1) is 6.92 Å². The molecule has 7 nitrogen and oxygen atoms in total. The number of hydrogen-bond donors (Lipinski definition) is 1. The lowest BCUT2D eigenvalue weighted by Crippen LogP contribution is -2.55. The SMILES string of the molecule is Cc1cccc(N(CC(=O)N(Cc2cccc(Cl)c2)C(Cc2ccccc2)C(=O)NC2CCCCC2)S(=O)(=O)c2ccc(Cl)cc2)c1. The summed E-state index contributed by atoms with van der Waals surface area (Å²) in [7, 11) is -4.22. The molecule has 10 heteroatoms. The van der Waals surface area contributed by atoms with E-state index in [9.17, 15) is 18.0 Å². The van der Waals surface area contributed by atoms with Gasteiger partial charge in [0.15, 0.2) is 0 Å². The van der Waals surface area contributed by atoms with Crippen LogP contribution in [0.3, 0.4) is 0 Å². The lowest BCUT2D eigenvalue weighted by atomic mass is 9.94. The van der Waals surface area contributed by atoms with Crippen LogP contribution in [0.2, 0.25) is 10.0 Å². The topological polar surface area (TPSA) is 86.8 Å². The molecule has 1 unspecified atom stereocenters. The number of carbonyl (C=O) groups is 2. The van der Waals surface area contributed by atoms with Gasteiger partial charge in [-0.1, -0.05) is 97.1 Å². The highest BCUT2D eigenvalue weighted by Crippen LogP contribution is 2.27. The third-order valence-electron chi connectivity index (χ3n) is 8.43. The van der Waals surface area contributed by atoms with Crippen molar-refractivity contribution in [3.8, 4) is 0 Å². The van der Waals surface area contributed by atoms with Gasteiger partial charge >= 0.3 is 0 Å².